The number of likely N-dealkylation sites (tertiary alicyclic amines) is 1. The Balaban J connectivity index is 1.64. The second-order valence-corrected chi connectivity index (χ2v) is 24.9. The highest BCUT2D eigenvalue weighted by atomic mass is 28.4. The summed E-state index contributed by atoms with van der Waals surface area (Å²) in [6, 6.07) is 22.6. The van der Waals surface area contributed by atoms with E-state index >= 15 is 0 Å². The minimum Gasteiger partial charge on any atom is -0.445 e. The van der Waals surface area contributed by atoms with E-state index in [1.165, 1.54) is 24.3 Å². The Morgan fingerprint density at radius 2 is 1.33 bits per heavy atom. The average Bonchev–Trinajstić information content (AvgIpc) is 3.23. The molecule has 0 spiro atoms. The fourth-order valence-corrected chi connectivity index (χ4v) is 8.92. The summed E-state index contributed by atoms with van der Waals surface area (Å²) >= 11 is 0. The van der Waals surface area contributed by atoms with Crippen molar-refractivity contribution in [2.75, 3.05) is 20.1 Å². The number of rotatable bonds is 18. The van der Waals surface area contributed by atoms with Crippen molar-refractivity contribution in [2.45, 2.75) is 148 Å². The summed E-state index contributed by atoms with van der Waals surface area (Å²) in [5, 5.41) is 5.87. The van der Waals surface area contributed by atoms with Crippen LogP contribution in [0, 0.1) is 11.8 Å². The number of hydrogen-bond donors (Lipinski definition) is 2. The number of halogens is 3. The number of carbonyl (C=O) groups excluding carboxylic acids is 4. The molecule has 1 heterocycles. The topological polar surface area (TPSA) is 136 Å². The van der Waals surface area contributed by atoms with Crippen LogP contribution in [0.3, 0.4) is 0 Å². The van der Waals surface area contributed by atoms with Crippen molar-refractivity contribution in [1.82, 2.24) is 20.4 Å². The summed E-state index contributed by atoms with van der Waals surface area (Å²) < 4.78 is 61.9. The molecule has 1 saturated heterocycles. The molecule has 4 unspecified atom stereocenters. The first-order valence-corrected chi connectivity index (χ1v) is 25.7. The Labute approximate surface area is 390 Å². The third-order valence-corrected chi connectivity index (χ3v) is 16.8. The van der Waals surface area contributed by atoms with Gasteiger partial charge in [-0.15, -0.1) is 13.2 Å². The zero-order valence-corrected chi connectivity index (χ0v) is 41.5. The first kappa shape index (κ1) is 53.5. The molecule has 66 heavy (non-hydrogen) atoms. The molecule has 1 aliphatic heterocycles. The lowest BCUT2D eigenvalue weighted by atomic mass is 9.88. The first-order valence-electron chi connectivity index (χ1n) is 22.8. The Hall–Kier alpha value is -5.09. The van der Waals surface area contributed by atoms with Crippen molar-refractivity contribution in [3.8, 4) is 5.75 Å². The van der Waals surface area contributed by atoms with Crippen LogP contribution in [0.2, 0.25) is 18.1 Å². The van der Waals surface area contributed by atoms with E-state index in [-0.39, 0.29) is 42.4 Å². The molecule has 2 N–H and O–H groups in total. The highest BCUT2D eigenvalue weighted by Gasteiger charge is 2.43. The molecule has 0 aliphatic carbocycles. The molecular formula is C50H71F3N4O8Si. The van der Waals surface area contributed by atoms with Crippen molar-refractivity contribution in [3.05, 3.63) is 102 Å². The molecule has 364 valence electrons. The van der Waals surface area contributed by atoms with Crippen molar-refractivity contribution in [3.63, 3.8) is 0 Å². The molecular weight excluding hydrogens is 870 g/mol. The second-order valence-electron chi connectivity index (χ2n) is 20.1. The van der Waals surface area contributed by atoms with Crippen LogP contribution in [0.4, 0.5) is 22.8 Å². The SMILES string of the molecule is CC(C)C(NC(=O)C(Cc1ccc(OC(F)(F)F)cc1)CC(O[Si](C)(C)C(C)(C)C)C(Cc1ccccc1)NC(=O)OC(C)(C)C)C(=O)N1CCC(N(C)C(=O)OCc2ccccc2)CC1. The molecule has 12 nitrogen and oxygen atoms in total. The normalized spacial score (nSPS) is 15.8. The largest absolute Gasteiger partial charge is 0.573 e. The molecule has 0 bridgehead atoms. The van der Waals surface area contributed by atoms with Gasteiger partial charge in [0.05, 0.1) is 12.1 Å². The molecule has 0 aromatic heterocycles. The van der Waals surface area contributed by atoms with Gasteiger partial charge >= 0.3 is 18.5 Å². The summed E-state index contributed by atoms with van der Waals surface area (Å²) in [6.45, 7) is 20.3. The van der Waals surface area contributed by atoms with E-state index in [1.807, 2.05) is 74.5 Å². The fraction of sp³-hybridized carbons (Fsp3) is 0.560. The summed E-state index contributed by atoms with van der Waals surface area (Å²) in [5.41, 5.74) is 1.53. The predicted octanol–water partition coefficient (Wildman–Crippen LogP) is 10.1. The van der Waals surface area contributed by atoms with Crippen LogP contribution in [0.15, 0.2) is 84.9 Å². The Morgan fingerprint density at radius 3 is 1.85 bits per heavy atom. The highest BCUT2D eigenvalue weighted by molar-refractivity contribution is 6.74. The van der Waals surface area contributed by atoms with Crippen LogP contribution < -0.4 is 15.4 Å². The lowest BCUT2D eigenvalue weighted by Crippen LogP contribution is -2.57. The van der Waals surface area contributed by atoms with Crippen LogP contribution in [-0.4, -0.2) is 98.4 Å². The number of alkyl halides is 3. The molecule has 0 radical (unpaired) electrons. The van der Waals surface area contributed by atoms with Crippen LogP contribution in [0.25, 0.3) is 0 Å². The van der Waals surface area contributed by atoms with E-state index in [0.29, 0.717) is 37.9 Å². The monoisotopic (exact) mass is 940 g/mol. The lowest BCUT2D eigenvalue weighted by Gasteiger charge is -2.42. The second kappa shape index (κ2) is 23.1. The third-order valence-electron chi connectivity index (χ3n) is 12.3. The van der Waals surface area contributed by atoms with E-state index in [9.17, 15) is 32.3 Å². The van der Waals surface area contributed by atoms with Crippen LogP contribution in [0.1, 0.15) is 91.3 Å². The number of nitrogens with zero attached hydrogens (tertiary/aromatic N) is 2. The maximum absolute atomic E-state index is 14.9. The molecule has 3 aromatic carbocycles. The molecule has 4 rings (SSSR count). The van der Waals surface area contributed by atoms with Gasteiger partial charge in [0.25, 0.3) is 0 Å². The maximum Gasteiger partial charge on any atom is 0.573 e. The van der Waals surface area contributed by atoms with Gasteiger partial charge in [-0.25, -0.2) is 9.59 Å². The Bertz CT molecular complexity index is 2020. The first-order chi connectivity index (χ1) is 30.7. The van der Waals surface area contributed by atoms with E-state index in [1.54, 1.807) is 37.6 Å². The maximum atomic E-state index is 14.9. The molecule has 16 heteroatoms. The summed E-state index contributed by atoms with van der Waals surface area (Å²) in [5.74, 6) is -2.33. The minimum absolute atomic E-state index is 0.0666. The number of piperidine rings is 1. The minimum atomic E-state index is -4.88. The number of carbonyl (C=O) groups is 4. The van der Waals surface area contributed by atoms with E-state index < -0.39 is 68.2 Å². The standard InChI is InChI=1S/C50H71F3N4O8Si/c1-34(2)43(45(59)57-28-26-39(27-29-57)56(9)47(61)62-33-37-20-16-13-17-21-37)55-44(58)38(30-36-22-24-40(25-23-36)63-50(51,52)53)32-42(65-66(10,11)49(6,7)8)41(31-35-18-14-12-15-19-35)54-46(60)64-48(3,4)5/h12-25,34,38-39,41-43H,26-33H2,1-11H3,(H,54,60)(H,55,58). The van der Waals surface area contributed by atoms with Crippen molar-refractivity contribution < 1.29 is 51.0 Å². The third kappa shape index (κ3) is 17.0. The predicted molar refractivity (Wildman–Crippen MR) is 251 cm³/mol. The average molecular weight is 941 g/mol. The van der Waals surface area contributed by atoms with Gasteiger partial charge in [0.15, 0.2) is 8.32 Å². The van der Waals surface area contributed by atoms with Gasteiger partial charge in [-0.1, -0.05) is 107 Å². The zero-order valence-electron chi connectivity index (χ0n) is 40.5. The fourth-order valence-electron chi connectivity index (χ4n) is 7.55. The van der Waals surface area contributed by atoms with Gasteiger partial charge in [-0.3, -0.25) is 9.59 Å². The van der Waals surface area contributed by atoms with Gasteiger partial charge in [0.2, 0.25) is 11.8 Å². The number of benzene rings is 3. The summed E-state index contributed by atoms with van der Waals surface area (Å²) in [6.07, 6.45) is -5.25. The Morgan fingerprint density at radius 1 is 0.788 bits per heavy atom. The number of hydrogen-bond acceptors (Lipinski definition) is 8. The van der Waals surface area contributed by atoms with Crippen molar-refractivity contribution in [1.29, 1.82) is 0 Å². The molecule has 4 atom stereocenters. The smallest absolute Gasteiger partial charge is 0.445 e. The van der Waals surface area contributed by atoms with Crippen LogP contribution in [0.5, 0.6) is 5.75 Å². The van der Waals surface area contributed by atoms with Gasteiger partial charge in [0, 0.05) is 32.1 Å². The molecule has 4 amide bonds. The summed E-state index contributed by atoms with van der Waals surface area (Å²) in [7, 11) is -0.948. The van der Waals surface area contributed by atoms with Gasteiger partial charge in [-0.05, 0) is 106 Å². The van der Waals surface area contributed by atoms with E-state index in [2.05, 4.69) is 49.2 Å². The number of alkyl carbamates (subject to hydrolysis) is 1. The van der Waals surface area contributed by atoms with Crippen LogP contribution in [-0.2, 0) is 42.9 Å². The quantitative estimate of drug-likeness (QED) is 0.120. The number of amides is 4. The number of ether oxygens (including phenoxy) is 3. The molecule has 1 aliphatic rings. The zero-order chi connectivity index (χ0) is 49.0. The van der Waals surface area contributed by atoms with Crippen molar-refractivity contribution in [2.24, 2.45) is 11.8 Å². The van der Waals surface area contributed by atoms with Gasteiger partial charge in [0.1, 0.15) is 24.0 Å². The molecule has 1 fully saturated rings. The van der Waals surface area contributed by atoms with E-state index in [0.717, 1.165) is 11.1 Å². The van der Waals surface area contributed by atoms with Gasteiger partial charge in [-0.2, -0.15) is 0 Å². The van der Waals surface area contributed by atoms with Crippen molar-refractivity contribution >= 4 is 32.3 Å². The van der Waals surface area contributed by atoms with Crippen LogP contribution >= 0.6 is 0 Å². The number of nitrogens with one attached hydrogen (secondary N) is 2. The van der Waals surface area contributed by atoms with E-state index in [4.69, 9.17) is 13.9 Å². The molecule has 0 saturated carbocycles. The Kier molecular flexibility index (Phi) is 18.7. The molecule has 3 aromatic rings. The lowest BCUT2D eigenvalue weighted by molar-refractivity contribution is -0.274. The highest BCUT2D eigenvalue weighted by Crippen LogP contribution is 2.39. The summed E-state index contributed by atoms with van der Waals surface area (Å²) in [4.78, 5) is 59.1. The van der Waals surface area contributed by atoms with Gasteiger partial charge < -0.3 is 39.1 Å².